The highest BCUT2D eigenvalue weighted by Crippen LogP contribution is 2.46. The van der Waals surface area contributed by atoms with E-state index in [2.05, 4.69) is 39.7 Å². The summed E-state index contributed by atoms with van der Waals surface area (Å²) in [5.74, 6) is -1.09. The number of aromatic nitrogens is 2. The van der Waals surface area contributed by atoms with Crippen molar-refractivity contribution in [3.63, 3.8) is 0 Å². The topological polar surface area (TPSA) is 88.4 Å². The van der Waals surface area contributed by atoms with Gasteiger partial charge in [-0.05, 0) is 40.8 Å². The van der Waals surface area contributed by atoms with Crippen molar-refractivity contribution < 1.29 is 14.4 Å². The van der Waals surface area contributed by atoms with E-state index in [9.17, 15) is 14.4 Å². The molecule has 0 radical (unpaired) electrons. The summed E-state index contributed by atoms with van der Waals surface area (Å²) < 4.78 is 3.97. The van der Waals surface area contributed by atoms with E-state index in [-0.39, 0.29) is 24.9 Å². The first-order valence-corrected chi connectivity index (χ1v) is 14.2. The van der Waals surface area contributed by atoms with Crippen molar-refractivity contribution in [2.45, 2.75) is 12.6 Å². The van der Waals surface area contributed by atoms with Crippen LogP contribution in [0.25, 0.3) is 33.1 Å². The number of benzene rings is 4. The molecule has 1 aliphatic rings. The molecule has 1 atom stereocenters. The summed E-state index contributed by atoms with van der Waals surface area (Å²) in [5.41, 5.74) is 11.4. The number of fused-ring (bicyclic) bond motifs is 3. The number of nitrogens with zero attached hydrogens (tertiary/aromatic N) is 3. The third-order valence-electron chi connectivity index (χ3n) is 8.17. The number of hydrogen-bond acceptors (Lipinski definition) is 3. The minimum Gasteiger partial charge on any atom is -0.343 e. The van der Waals surface area contributed by atoms with Crippen molar-refractivity contribution in [2.75, 3.05) is 6.54 Å². The van der Waals surface area contributed by atoms with Crippen molar-refractivity contribution in [3.8, 4) is 11.3 Å². The first-order chi connectivity index (χ1) is 21.0. The van der Waals surface area contributed by atoms with Crippen LogP contribution in [0.5, 0.6) is 0 Å². The van der Waals surface area contributed by atoms with Gasteiger partial charge < -0.3 is 14.0 Å². The van der Waals surface area contributed by atoms with E-state index in [1.54, 1.807) is 11.0 Å². The van der Waals surface area contributed by atoms with E-state index in [0.29, 0.717) is 5.56 Å². The van der Waals surface area contributed by atoms with Crippen molar-refractivity contribution in [3.05, 3.63) is 132 Å². The number of carbonyl (C=O) groups excluding carboxylic acids is 3. The van der Waals surface area contributed by atoms with Gasteiger partial charge in [0, 0.05) is 40.8 Å². The van der Waals surface area contributed by atoms with E-state index in [0.717, 1.165) is 44.2 Å². The van der Waals surface area contributed by atoms with Crippen LogP contribution in [0.15, 0.2) is 115 Å². The highest BCUT2D eigenvalue weighted by molar-refractivity contribution is 6.04. The third-order valence-corrected chi connectivity index (χ3v) is 8.17. The van der Waals surface area contributed by atoms with Gasteiger partial charge in [-0.3, -0.25) is 25.2 Å². The second kappa shape index (κ2) is 10.6. The van der Waals surface area contributed by atoms with Crippen molar-refractivity contribution >= 4 is 39.5 Å². The van der Waals surface area contributed by atoms with E-state index in [4.69, 9.17) is 0 Å². The Labute approximate surface area is 248 Å². The lowest BCUT2D eigenvalue weighted by molar-refractivity contribution is -0.129. The summed E-state index contributed by atoms with van der Waals surface area (Å²) >= 11 is 0. The van der Waals surface area contributed by atoms with E-state index in [1.165, 1.54) is 0 Å². The largest absolute Gasteiger partial charge is 0.343 e. The van der Waals surface area contributed by atoms with Gasteiger partial charge in [-0.1, -0.05) is 84.9 Å². The summed E-state index contributed by atoms with van der Waals surface area (Å²) in [5, 5.41) is 2.04. The molecule has 2 aromatic heterocycles. The van der Waals surface area contributed by atoms with Crippen LogP contribution in [0.2, 0.25) is 0 Å². The summed E-state index contributed by atoms with van der Waals surface area (Å²) in [6.07, 6.45) is 1.84. The summed E-state index contributed by atoms with van der Waals surface area (Å²) in [7, 11) is 2.03. The molecule has 43 heavy (non-hydrogen) atoms. The van der Waals surface area contributed by atoms with Crippen molar-refractivity contribution in [1.29, 1.82) is 0 Å². The van der Waals surface area contributed by atoms with Gasteiger partial charge in [-0.25, -0.2) is 0 Å². The zero-order valence-electron chi connectivity index (χ0n) is 23.5. The average Bonchev–Trinajstić information content (AvgIpc) is 3.67. The van der Waals surface area contributed by atoms with Crippen LogP contribution >= 0.6 is 0 Å². The van der Waals surface area contributed by atoms with Gasteiger partial charge in [0.25, 0.3) is 17.7 Å². The molecule has 7 rings (SSSR count). The van der Waals surface area contributed by atoms with E-state index >= 15 is 0 Å². The summed E-state index contributed by atoms with van der Waals surface area (Å²) in [6.45, 7) is -0.191. The lowest BCUT2D eigenvalue weighted by Gasteiger charge is -2.26. The molecule has 0 saturated heterocycles. The fourth-order valence-electron chi connectivity index (χ4n) is 6.30. The van der Waals surface area contributed by atoms with Crippen LogP contribution in [-0.2, 0) is 23.2 Å². The number of amides is 3. The van der Waals surface area contributed by atoms with Crippen molar-refractivity contribution in [2.24, 2.45) is 7.05 Å². The van der Waals surface area contributed by atoms with Crippen LogP contribution in [0.3, 0.4) is 0 Å². The maximum atomic E-state index is 13.8. The first-order valence-electron chi connectivity index (χ1n) is 14.2. The second-order valence-electron chi connectivity index (χ2n) is 10.7. The van der Waals surface area contributed by atoms with Crippen LogP contribution < -0.4 is 10.9 Å². The fraction of sp³-hybridized carbons (Fsp3) is 0.114. The van der Waals surface area contributed by atoms with Gasteiger partial charge in [-0.2, -0.15) is 0 Å². The molecule has 0 spiro atoms. The first kappa shape index (κ1) is 26.3. The molecule has 8 heteroatoms. The lowest BCUT2D eigenvalue weighted by atomic mass is 9.93. The Morgan fingerprint density at radius 3 is 2.19 bits per heavy atom. The zero-order valence-corrected chi connectivity index (χ0v) is 23.5. The Balaban J connectivity index is 1.20. The molecule has 4 aromatic carbocycles. The molecule has 0 saturated carbocycles. The number of para-hydroxylation sites is 2. The average molecular weight is 568 g/mol. The molecular formula is C35H29N5O3. The van der Waals surface area contributed by atoms with Gasteiger partial charge in [0.1, 0.15) is 13.1 Å². The Kier molecular flexibility index (Phi) is 6.51. The predicted molar refractivity (Wildman–Crippen MR) is 166 cm³/mol. The molecule has 8 nitrogen and oxygen atoms in total. The molecule has 212 valence electrons. The summed E-state index contributed by atoms with van der Waals surface area (Å²) in [6, 6.07) is 34.9. The number of carbonyl (C=O) groups is 3. The number of hydrazine groups is 1. The molecular weight excluding hydrogens is 538 g/mol. The van der Waals surface area contributed by atoms with Gasteiger partial charge in [-0.15, -0.1) is 0 Å². The molecule has 6 aromatic rings. The number of nitrogens with one attached hydrogen (secondary N) is 2. The van der Waals surface area contributed by atoms with Crippen molar-refractivity contribution in [1.82, 2.24) is 24.9 Å². The molecule has 0 aliphatic carbocycles. The second-order valence-corrected chi connectivity index (χ2v) is 10.7. The van der Waals surface area contributed by atoms with Crippen LogP contribution in [0.4, 0.5) is 0 Å². The molecule has 1 aliphatic heterocycles. The van der Waals surface area contributed by atoms with Gasteiger partial charge >= 0.3 is 0 Å². The molecule has 1 unspecified atom stereocenters. The maximum Gasteiger partial charge on any atom is 0.258 e. The minimum absolute atomic E-state index is 0.0426. The highest BCUT2D eigenvalue weighted by Gasteiger charge is 2.41. The molecule has 2 N–H and O–H groups in total. The SMILES string of the molecule is Cn1c(-c2ccccc2)c(C2c3ccccc3C(=O)N2CC(=O)NNC(=O)Cn2ccc3ccccc32)c2ccccc21. The van der Waals surface area contributed by atoms with Gasteiger partial charge in [0.05, 0.1) is 11.7 Å². The van der Waals surface area contributed by atoms with Gasteiger partial charge in [0.2, 0.25) is 0 Å². The number of aryl methyl sites for hydroxylation is 1. The number of hydrogen-bond donors (Lipinski definition) is 2. The molecule has 0 bridgehead atoms. The van der Waals surface area contributed by atoms with Crippen LogP contribution in [0, 0.1) is 0 Å². The van der Waals surface area contributed by atoms with E-state index in [1.807, 2.05) is 96.7 Å². The molecule has 3 heterocycles. The predicted octanol–water partition coefficient (Wildman–Crippen LogP) is 5.19. The minimum atomic E-state index is -0.502. The normalized spacial score (nSPS) is 14.3. The van der Waals surface area contributed by atoms with Crippen LogP contribution in [-0.4, -0.2) is 38.3 Å². The van der Waals surface area contributed by atoms with Gasteiger partial charge in [0.15, 0.2) is 0 Å². The molecule has 3 amide bonds. The Hall–Kier alpha value is -5.63. The fourth-order valence-corrected chi connectivity index (χ4v) is 6.30. The standard InChI is InChI=1S/C35H29N5O3/c1-38-29-18-10-8-16-27(29)32(33(38)24-12-3-2-4-13-24)34-25-14-6-7-15-26(25)35(43)40(34)22-31(42)37-36-30(41)21-39-20-19-23-11-5-9-17-28(23)39/h2-20,34H,21-22H2,1H3,(H,36,41)(H,37,42). The Morgan fingerprint density at radius 2 is 1.37 bits per heavy atom. The summed E-state index contributed by atoms with van der Waals surface area (Å²) in [4.78, 5) is 41.5. The highest BCUT2D eigenvalue weighted by atomic mass is 16.2. The quantitative estimate of drug-likeness (QED) is 0.272. The maximum absolute atomic E-state index is 13.8. The zero-order chi connectivity index (χ0) is 29.5. The Morgan fingerprint density at radius 1 is 0.721 bits per heavy atom. The smallest absolute Gasteiger partial charge is 0.258 e. The van der Waals surface area contributed by atoms with Crippen LogP contribution in [0.1, 0.15) is 27.5 Å². The Bertz CT molecular complexity index is 2020. The molecule has 0 fully saturated rings. The number of rotatable bonds is 6. The van der Waals surface area contributed by atoms with E-state index < -0.39 is 11.9 Å². The lowest BCUT2D eigenvalue weighted by Crippen LogP contribution is -2.48. The third kappa shape index (κ3) is 4.53. The monoisotopic (exact) mass is 567 g/mol.